The Labute approximate surface area is 126 Å². The molecule has 0 aliphatic carbocycles. The molecule has 0 fully saturated rings. The standard InChI is InChI=1S/C15H15BrN2O2/c1-11-10-14(20-17-11)15(19)18(2)9-3-4-12-5-7-13(16)8-6-12/h3-8,10H,9H2,1-2H3. The Bertz CT molecular complexity index is 617. The first-order chi connectivity index (χ1) is 9.56. The fourth-order valence-corrected chi connectivity index (χ4v) is 1.92. The van der Waals surface area contributed by atoms with Gasteiger partial charge in [-0.3, -0.25) is 4.79 Å². The van der Waals surface area contributed by atoms with Gasteiger partial charge >= 0.3 is 0 Å². The van der Waals surface area contributed by atoms with Gasteiger partial charge in [0, 0.05) is 24.1 Å². The molecule has 0 aliphatic heterocycles. The number of halogens is 1. The predicted molar refractivity (Wildman–Crippen MR) is 81.4 cm³/mol. The van der Waals surface area contributed by atoms with Gasteiger partial charge in [-0.25, -0.2) is 0 Å². The van der Waals surface area contributed by atoms with Crippen molar-refractivity contribution in [3.05, 3.63) is 57.9 Å². The quantitative estimate of drug-likeness (QED) is 0.859. The van der Waals surface area contributed by atoms with Crippen molar-refractivity contribution < 1.29 is 9.32 Å². The van der Waals surface area contributed by atoms with Crippen LogP contribution in [0.3, 0.4) is 0 Å². The minimum atomic E-state index is -0.175. The highest BCUT2D eigenvalue weighted by Crippen LogP contribution is 2.11. The lowest BCUT2D eigenvalue weighted by atomic mass is 10.2. The van der Waals surface area contributed by atoms with E-state index in [0.29, 0.717) is 12.2 Å². The second-order valence-electron chi connectivity index (χ2n) is 4.47. The fraction of sp³-hybridized carbons (Fsp3) is 0.200. The van der Waals surface area contributed by atoms with Gasteiger partial charge in [-0.15, -0.1) is 0 Å². The van der Waals surface area contributed by atoms with Gasteiger partial charge in [-0.2, -0.15) is 0 Å². The molecule has 0 aliphatic rings. The van der Waals surface area contributed by atoms with E-state index < -0.39 is 0 Å². The zero-order valence-corrected chi connectivity index (χ0v) is 12.9. The molecule has 0 saturated carbocycles. The molecule has 0 bridgehead atoms. The van der Waals surface area contributed by atoms with Crippen LogP contribution in [0.4, 0.5) is 0 Å². The first-order valence-corrected chi connectivity index (χ1v) is 6.96. The maximum absolute atomic E-state index is 12.0. The summed E-state index contributed by atoms with van der Waals surface area (Å²) < 4.78 is 6.00. The highest BCUT2D eigenvalue weighted by molar-refractivity contribution is 9.10. The van der Waals surface area contributed by atoms with Crippen molar-refractivity contribution >= 4 is 27.9 Å². The molecule has 2 rings (SSSR count). The van der Waals surface area contributed by atoms with E-state index >= 15 is 0 Å². The SMILES string of the molecule is Cc1cc(C(=O)N(C)CC=Cc2ccc(Br)cc2)on1. The third-order valence-electron chi connectivity index (χ3n) is 2.75. The van der Waals surface area contributed by atoms with Crippen LogP contribution in [-0.2, 0) is 0 Å². The average Bonchev–Trinajstić information content (AvgIpc) is 2.86. The van der Waals surface area contributed by atoms with Gasteiger partial charge in [0.25, 0.3) is 5.91 Å². The molecule has 0 atom stereocenters. The van der Waals surface area contributed by atoms with Crippen molar-refractivity contribution in [1.29, 1.82) is 0 Å². The first-order valence-electron chi connectivity index (χ1n) is 6.17. The second-order valence-corrected chi connectivity index (χ2v) is 5.39. The number of benzene rings is 1. The summed E-state index contributed by atoms with van der Waals surface area (Å²) in [6.45, 7) is 2.29. The Balaban J connectivity index is 1.93. The van der Waals surface area contributed by atoms with Crippen LogP contribution < -0.4 is 0 Å². The van der Waals surface area contributed by atoms with Gasteiger partial charge in [0.15, 0.2) is 0 Å². The van der Waals surface area contributed by atoms with Gasteiger partial charge in [0.1, 0.15) is 0 Å². The summed E-state index contributed by atoms with van der Waals surface area (Å²) in [4.78, 5) is 13.6. The zero-order chi connectivity index (χ0) is 14.5. The molecule has 20 heavy (non-hydrogen) atoms. The van der Waals surface area contributed by atoms with E-state index in [2.05, 4.69) is 21.1 Å². The van der Waals surface area contributed by atoms with E-state index in [1.165, 1.54) is 0 Å². The maximum Gasteiger partial charge on any atom is 0.292 e. The molecular formula is C15H15BrN2O2. The van der Waals surface area contributed by atoms with Crippen molar-refractivity contribution in [2.24, 2.45) is 0 Å². The largest absolute Gasteiger partial charge is 0.351 e. The number of carbonyl (C=O) groups excluding carboxylic acids is 1. The van der Waals surface area contributed by atoms with Crippen LogP contribution in [0.15, 0.2) is 45.4 Å². The molecule has 0 spiro atoms. The van der Waals surface area contributed by atoms with Gasteiger partial charge in [-0.1, -0.05) is 45.4 Å². The predicted octanol–water partition coefficient (Wildman–Crippen LogP) is 3.53. The lowest BCUT2D eigenvalue weighted by molar-refractivity contribution is 0.0769. The molecule has 2 aromatic rings. The molecule has 4 nitrogen and oxygen atoms in total. The highest BCUT2D eigenvalue weighted by Gasteiger charge is 2.15. The van der Waals surface area contributed by atoms with Crippen LogP contribution in [0.5, 0.6) is 0 Å². The lowest BCUT2D eigenvalue weighted by Gasteiger charge is -2.12. The molecule has 104 valence electrons. The van der Waals surface area contributed by atoms with Gasteiger partial charge < -0.3 is 9.42 Å². The Kier molecular flexibility index (Phi) is 4.74. The number of hydrogen-bond donors (Lipinski definition) is 0. The van der Waals surface area contributed by atoms with Gasteiger partial charge in [0.05, 0.1) is 5.69 Å². The number of aromatic nitrogens is 1. The van der Waals surface area contributed by atoms with Crippen LogP contribution in [0.25, 0.3) is 6.08 Å². The second kappa shape index (κ2) is 6.52. The highest BCUT2D eigenvalue weighted by atomic mass is 79.9. The Morgan fingerprint density at radius 1 is 1.40 bits per heavy atom. The van der Waals surface area contributed by atoms with E-state index in [-0.39, 0.29) is 11.7 Å². The molecule has 0 N–H and O–H groups in total. The summed E-state index contributed by atoms with van der Waals surface area (Å²) in [5, 5.41) is 3.71. The Hall–Kier alpha value is -1.88. The van der Waals surface area contributed by atoms with E-state index in [9.17, 15) is 4.79 Å². The summed E-state index contributed by atoms with van der Waals surface area (Å²) in [6.07, 6.45) is 3.91. The van der Waals surface area contributed by atoms with Crippen molar-refractivity contribution in [3.8, 4) is 0 Å². The normalized spacial score (nSPS) is 10.9. The fourth-order valence-electron chi connectivity index (χ4n) is 1.66. The number of likely N-dealkylation sites (N-methyl/N-ethyl adjacent to an activating group) is 1. The van der Waals surface area contributed by atoms with Crippen molar-refractivity contribution in [1.82, 2.24) is 10.1 Å². The van der Waals surface area contributed by atoms with Crippen molar-refractivity contribution in [2.45, 2.75) is 6.92 Å². The molecule has 1 amide bonds. The number of carbonyl (C=O) groups is 1. The minimum absolute atomic E-state index is 0.175. The summed E-state index contributed by atoms with van der Waals surface area (Å²) in [5.41, 5.74) is 1.79. The molecule has 1 aromatic carbocycles. The Morgan fingerprint density at radius 2 is 2.10 bits per heavy atom. The maximum atomic E-state index is 12.0. The molecule has 1 aromatic heterocycles. The zero-order valence-electron chi connectivity index (χ0n) is 11.3. The van der Waals surface area contributed by atoms with Crippen molar-refractivity contribution in [3.63, 3.8) is 0 Å². The third kappa shape index (κ3) is 3.81. The van der Waals surface area contributed by atoms with Crippen LogP contribution in [0, 0.1) is 6.92 Å². The van der Waals surface area contributed by atoms with Gasteiger partial charge in [-0.05, 0) is 24.6 Å². The summed E-state index contributed by atoms with van der Waals surface area (Å²) in [6, 6.07) is 9.60. The molecule has 1 heterocycles. The van der Waals surface area contributed by atoms with E-state index in [1.54, 1.807) is 24.9 Å². The summed E-state index contributed by atoms with van der Waals surface area (Å²) in [5.74, 6) is 0.0908. The van der Waals surface area contributed by atoms with E-state index in [1.807, 2.05) is 36.4 Å². The van der Waals surface area contributed by atoms with E-state index in [0.717, 1.165) is 10.0 Å². The van der Waals surface area contributed by atoms with Crippen LogP contribution in [-0.4, -0.2) is 29.6 Å². The smallest absolute Gasteiger partial charge is 0.292 e. The van der Waals surface area contributed by atoms with E-state index in [4.69, 9.17) is 4.52 Å². The monoisotopic (exact) mass is 334 g/mol. The topological polar surface area (TPSA) is 46.3 Å². The lowest BCUT2D eigenvalue weighted by Crippen LogP contribution is -2.26. The average molecular weight is 335 g/mol. The van der Waals surface area contributed by atoms with Crippen LogP contribution in [0.1, 0.15) is 21.8 Å². The van der Waals surface area contributed by atoms with Crippen molar-refractivity contribution in [2.75, 3.05) is 13.6 Å². The summed E-state index contributed by atoms with van der Waals surface area (Å²) >= 11 is 3.39. The molecule has 0 radical (unpaired) electrons. The first kappa shape index (κ1) is 14.5. The summed E-state index contributed by atoms with van der Waals surface area (Å²) in [7, 11) is 1.73. The number of rotatable bonds is 4. The third-order valence-corrected chi connectivity index (χ3v) is 3.27. The molecular weight excluding hydrogens is 320 g/mol. The van der Waals surface area contributed by atoms with Crippen LogP contribution >= 0.6 is 15.9 Å². The Morgan fingerprint density at radius 3 is 2.70 bits per heavy atom. The molecule has 5 heteroatoms. The molecule has 0 unspecified atom stereocenters. The number of hydrogen-bond acceptors (Lipinski definition) is 3. The number of nitrogens with zero attached hydrogens (tertiary/aromatic N) is 2. The van der Waals surface area contributed by atoms with Gasteiger partial charge in [0.2, 0.25) is 5.76 Å². The van der Waals surface area contributed by atoms with Crippen LogP contribution in [0.2, 0.25) is 0 Å². The number of aryl methyl sites for hydroxylation is 1. The number of amides is 1. The molecule has 0 saturated heterocycles. The minimum Gasteiger partial charge on any atom is -0.351 e.